The zero-order valence-electron chi connectivity index (χ0n) is 17.8. The average molecular weight is 425 g/mol. The Kier molecular flexibility index (Phi) is 5.35. The largest absolute Gasteiger partial charge is 0.368 e. The van der Waals surface area contributed by atoms with E-state index in [2.05, 4.69) is 23.6 Å². The van der Waals surface area contributed by atoms with Crippen LogP contribution in [0.4, 0.5) is 15.9 Å². The first-order valence-electron chi connectivity index (χ1n) is 11.2. The van der Waals surface area contributed by atoms with Gasteiger partial charge >= 0.3 is 0 Å². The number of nitrogens with zero attached hydrogens (tertiary/aromatic N) is 4. The standard InChI is InChI=1S/C24H29FN4S/c1-3-16(2)22-26-23(21-19-6-4-5-7-20(19)30-24(21)27-22)29-14-12-28(13-15-29)18-10-8-17(25)9-11-18/h8-11,16H,3-7,12-15H2,1-2H3. The molecule has 0 radical (unpaired) electrons. The van der Waals surface area contributed by atoms with Gasteiger partial charge in [0.2, 0.25) is 0 Å². The van der Waals surface area contributed by atoms with Crippen molar-refractivity contribution >= 4 is 33.1 Å². The molecule has 0 bridgehead atoms. The lowest BCUT2D eigenvalue weighted by molar-refractivity contribution is 0.623. The number of aryl methyl sites for hydroxylation is 2. The summed E-state index contributed by atoms with van der Waals surface area (Å²) in [4.78, 5) is 17.7. The Morgan fingerprint density at radius 2 is 1.70 bits per heavy atom. The van der Waals surface area contributed by atoms with Crippen LogP contribution in [0, 0.1) is 5.82 Å². The van der Waals surface area contributed by atoms with Gasteiger partial charge in [-0.25, -0.2) is 14.4 Å². The lowest BCUT2D eigenvalue weighted by atomic mass is 9.96. The molecule has 1 aliphatic heterocycles. The molecule has 0 saturated carbocycles. The molecule has 158 valence electrons. The van der Waals surface area contributed by atoms with Gasteiger partial charge < -0.3 is 9.80 Å². The quantitative estimate of drug-likeness (QED) is 0.550. The minimum absolute atomic E-state index is 0.180. The summed E-state index contributed by atoms with van der Waals surface area (Å²) in [7, 11) is 0. The molecule has 0 N–H and O–H groups in total. The Balaban J connectivity index is 1.48. The monoisotopic (exact) mass is 424 g/mol. The van der Waals surface area contributed by atoms with E-state index < -0.39 is 0 Å². The van der Waals surface area contributed by atoms with E-state index in [1.807, 2.05) is 23.5 Å². The van der Waals surface area contributed by atoms with Gasteiger partial charge in [0.05, 0.1) is 5.39 Å². The van der Waals surface area contributed by atoms with E-state index in [0.29, 0.717) is 5.92 Å². The van der Waals surface area contributed by atoms with Crippen molar-refractivity contribution in [3.63, 3.8) is 0 Å². The fraction of sp³-hybridized carbons (Fsp3) is 0.500. The predicted octanol–water partition coefficient (Wildman–Crippen LogP) is 5.55. The maximum atomic E-state index is 13.3. The molecule has 0 spiro atoms. The molecule has 2 aliphatic rings. The van der Waals surface area contributed by atoms with Crippen molar-refractivity contribution in [3.05, 3.63) is 46.3 Å². The SMILES string of the molecule is CCC(C)c1nc(N2CCN(c3ccc(F)cc3)CC2)c2c3c(sc2n1)CCCC3. The average Bonchev–Trinajstić information content (AvgIpc) is 3.17. The first-order chi connectivity index (χ1) is 14.6. The minimum Gasteiger partial charge on any atom is -0.368 e. The lowest BCUT2D eigenvalue weighted by Crippen LogP contribution is -2.47. The molecule has 1 unspecified atom stereocenters. The van der Waals surface area contributed by atoms with E-state index in [1.54, 1.807) is 12.1 Å². The number of hydrogen-bond donors (Lipinski definition) is 0. The van der Waals surface area contributed by atoms with Crippen molar-refractivity contribution in [3.8, 4) is 0 Å². The van der Waals surface area contributed by atoms with Gasteiger partial charge in [0, 0.05) is 42.7 Å². The summed E-state index contributed by atoms with van der Waals surface area (Å²) in [5.74, 6) is 2.32. The Hall–Kier alpha value is -2.21. The smallest absolute Gasteiger partial charge is 0.141 e. The molecule has 6 heteroatoms. The number of anilines is 2. The third kappa shape index (κ3) is 3.55. The fourth-order valence-corrected chi connectivity index (χ4v) is 5.88. The molecule has 2 aromatic heterocycles. The van der Waals surface area contributed by atoms with Crippen LogP contribution in [0.5, 0.6) is 0 Å². The van der Waals surface area contributed by atoms with E-state index in [9.17, 15) is 4.39 Å². The van der Waals surface area contributed by atoms with E-state index in [0.717, 1.165) is 56.4 Å². The molecule has 1 saturated heterocycles. The summed E-state index contributed by atoms with van der Waals surface area (Å²) in [5.41, 5.74) is 2.60. The summed E-state index contributed by atoms with van der Waals surface area (Å²) in [6.45, 7) is 8.12. The molecule has 1 fully saturated rings. The molecule has 3 aromatic rings. The number of rotatable bonds is 4. The Morgan fingerprint density at radius 1 is 1.00 bits per heavy atom. The second kappa shape index (κ2) is 8.14. The molecule has 5 rings (SSSR count). The van der Waals surface area contributed by atoms with Gasteiger partial charge in [-0.1, -0.05) is 13.8 Å². The highest BCUT2D eigenvalue weighted by Crippen LogP contribution is 2.40. The number of halogens is 1. The van der Waals surface area contributed by atoms with Crippen LogP contribution in [-0.4, -0.2) is 36.1 Å². The number of fused-ring (bicyclic) bond motifs is 3. The molecule has 0 amide bonds. The zero-order chi connectivity index (χ0) is 20.7. The minimum atomic E-state index is -0.180. The number of aromatic nitrogens is 2. The highest BCUT2D eigenvalue weighted by molar-refractivity contribution is 7.19. The molecule has 1 aliphatic carbocycles. The van der Waals surface area contributed by atoms with E-state index >= 15 is 0 Å². The lowest BCUT2D eigenvalue weighted by Gasteiger charge is -2.37. The summed E-state index contributed by atoms with van der Waals surface area (Å²) < 4.78 is 13.3. The van der Waals surface area contributed by atoms with E-state index in [1.165, 1.54) is 39.9 Å². The van der Waals surface area contributed by atoms with Crippen LogP contribution in [0.2, 0.25) is 0 Å². The normalized spacial score (nSPS) is 18.0. The number of thiophene rings is 1. The maximum absolute atomic E-state index is 13.3. The topological polar surface area (TPSA) is 32.3 Å². The van der Waals surface area contributed by atoms with Crippen molar-refractivity contribution in [1.29, 1.82) is 0 Å². The summed E-state index contributed by atoms with van der Waals surface area (Å²) in [6.07, 6.45) is 5.95. The Bertz CT molecular complexity index is 1040. The van der Waals surface area contributed by atoms with Gasteiger partial charge in [0.15, 0.2) is 0 Å². The maximum Gasteiger partial charge on any atom is 0.141 e. The van der Waals surface area contributed by atoms with Crippen molar-refractivity contribution in [2.45, 2.75) is 51.9 Å². The highest BCUT2D eigenvalue weighted by atomic mass is 32.1. The molecule has 1 aromatic carbocycles. The van der Waals surface area contributed by atoms with Crippen LogP contribution < -0.4 is 9.80 Å². The summed E-state index contributed by atoms with van der Waals surface area (Å²) >= 11 is 1.89. The van der Waals surface area contributed by atoms with Gasteiger partial charge in [-0.2, -0.15) is 0 Å². The molecule has 4 nitrogen and oxygen atoms in total. The van der Waals surface area contributed by atoms with Crippen LogP contribution in [0.15, 0.2) is 24.3 Å². The molecule has 1 atom stereocenters. The predicted molar refractivity (Wildman–Crippen MR) is 124 cm³/mol. The third-order valence-corrected chi connectivity index (χ3v) is 7.82. The molecule has 3 heterocycles. The van der Waals surface area contributed by atoms with Crippen LogP contribution in [0.1, 0.15) is 55.3 Å². The van der Waals surface area contributed by atoms with Crippen molar-refractivity contribution < 1.29 is 4.39 Å². The van der Waals surface area contributed by atoms with Crippen LogP contribution in [0.3, 0.4) is 0 Å². The van der Waals surface area contributed by atoms with Gasteiger partial charge in [0.25, 0.3) is 0 Å². The summed E-state index contributed by atoms with van der Waals surface area (Å²) in [5, 5.41) is 1.32. The van der Waals surface area contributed by atoms with Gasteiger partial charge in [-0.3, -0.25) is 0 Å². The van der Waals surface area contributed by atoms with Crippen LogP contribution in [0.25, 0.3) is 10.2 Å². The molecule has 30 heavy (non-hydrogen) atoms. The van der Waals surface area contributed by atoms with E-state index in [-0.39, 0.29) is 5.82 Å². The van der Waals surface area contributed by atoms with Crippen LogP contribution in [-0.2, 0) is 12.8 Å². The van der Waals surface area contributed by atoms with Crippen LogP contribution >= 0.6 is 11.3 Å². The highest BCUT2D eigenvalue weighted by Gasteiger charge is 2.27. The third-order valence-electron chi connectivity index (χ3n) is 6.64. The van der Waals surface area contributed by atoms with E-state index in [4.69, 9.17) is 9.97 Å². The Morgan fingerprint density at radius 3 is 2.43 bits per heavy atom. The van der Waals surface area contributed by atoms with Gasteiger partial charge in [0.1, 0.15) is 22.3 Å². The van der Waals surface area contributed by atoms with Gasteiger partial charge in [-0.05, 0) is 61.9 Å². The number of benzene rings is 1. The first-order valence-corrected chi connectivity index (χ1v) is 12.0. The first kappa shape index (κ1) is 19.7. The van der Waals surface area contributed by atoms with Crippen molar-refractivity contribution in [2.75, 3.05) is 36.0 Å². The van der Waals surface area contributed by atoms with Gasteiger partial charge in [-0.15, -0.1) is 11.3 Å². The second-order valence-electron chi connectivity index (χ2n) is 8.56. The summed E-state index contributed by atoms with van der Waals surface area (Å²) in [6, 6.07) is 6.85. The zero-order valence-corrected chi connectivity index (χ0v) is 18.6. The Labute approximate surface area is 181 Å². The second-order valence-corrected chi connectivity index (χ2v) is 9.64. The van der Waals surface area contributed by atoms with Crippen molar-refractivity contribution in [2.24, 2.45) is 0 Å². The van der Waals surface area contributed by atoms with Crippen molar-refractivity contribution in [1.82, 2.24) is 9.97 Å². The number of hydrogen-bond acceptors (Lipinski definition) is 5. The molecular formula is C24H29FN4S. The fourth-order valence-electron chi connectivity index (χ4n) is 4.61. The number of piperazine rings is 1. The molecular weight excluding hydrogens is 395 g/mol.